The van der Waals surface area contributed by atoms with Crippen molar-refractivity contribution in [1.82, 2.24) is 10.2 Å². The molecule has 0 aliphatic carbocycles. The Morgan fingerprint density at radius 1 is 1.37 bits per heavy atom. The molecular weight excluding hydrogens is 287 g/mol. The van der Waals surface area contributed by atoms with Gasteiger partial charge in [-0.25, -0.2) is 0 Å². The van der Waals surface area contributed by atoms with Crippen LogP contribution in [0.2, 0.25) is 10.0 Å². The van der Waals surface area contributed by atoms with Crippen LogP contribution in [-0.2, 0) is 16.1 Å². The van der Waals surface area contributed by atoms with Crippen LogP contribution in [-0.4, -0.2) is 29.3 Å². The van der Waals surface area contributed by atoms with Gasteiger partial charge in [0.15, 0.2) is 0 Å². The van der Waals surface area contributed by atoms with Gasteiger partial charge in [0.05, 0.1) is 16.6 Å². The van der Waals surface area contributed by atoms with Crippen molar-refractivity contribution in [1.29, 1.82) is 0 Å². The minimum absolute atomic E-state index is 0.0291. The van der Waals surface area contributed by atoms with E-state index in [1.165, 1.54) is 0 Å². The summed E-state index contributed by atoms with van der Waals surface area (Å²) in [7, 11) is 0. The third-order valence-corrected chi connectivity index (χ3v) is 4.00. The molecule has 1 fully saturated rings. The van der Waals surface area contributed by atoms with E-state index in [0.29, 0.717) is 23.0 Å². The van der Waals surface area contributed by atoms with Gasteiger partial charge in [-0.2, -0.15) is 0 Å². The molecule has 6 heteroatoms. The van der Waals surface area contributed by atoms with Crippen LogP contribution >= 0.6 is 23.2 Å². The molecule has 1 aromatic carbocycles. The van der Waals surface area contributed by atoms with Crippen molar-refractivity contribution in [2.45, 2.75) is 25.9 Å². The fourth-order valence-corrected chi connectivity index (χ4v) is 2.45. The van der Waals surface area contributed by atoms with Crippen molar-refractivity contribution >= 4 is 35.0 Å². The van der Waals surface area contributed by atoms with Gasteiger partial charge in [-0.15, -0.1) is 0 Å². The number of carbonyl (C=O) groups is 2. The molecule has 102 valence electrons. The molecule has 1 aromatic rings. The summed E-state index contributed by atoms with van der Waals surface area (Å²) < 4.78 is 0. The summed E-state index contributed by atoms with van der Waals surface area (Å²) in [5, 5.41) is 3.49. The first-order valence-electron chi connectivity index (χ1n) is 5.98. The highest BCUT2D eigenvalue weighted by molar-refractivity contribution is 6.42. The molecule has 0 saturated carbocycles. The second-order valence-electron chi connectivity index (χ2n) is 4.56. The lowest BCUT2D eigenvalue weighted by molar-refractivity contribution is -0.132. The molecule has 0 bridgehead atoms. The molecule has 0 spiro atoms. The first-order chi connectivity index (χ1) is 8.99. The standard InChI is InChI=1S/C13H14Cl2N2O2/c1-8-5-11(18)16-6-12(19)17(8)7-9-3-2-4-10(14)13(9)15/h2-4,8H,5-7H2,1H3,(H,16,18). The fraction of sp³-hybridized carbons (Fsp3) is 0.385. The lowest BCUT2D eigenvalue weighted by Gasteiger charge is -2.26. The Bertz CT molecular complexity index is 519. The number of hydrogen-bond acceptors (Lipinski definition) is 2. The van der Waals surface area contributed by atoms with Crippen molar-refractivity contribution in [3.8, 4) is 0 Å². The van der Waals surface area contributed by atoms with E-state index in [4.69, 9.17) is 23.2 Å². The smallest absolute Gasteiger partial charge is 0.242 e. The Labute approximate surface area is 121 Å². The molecule has 0 aromatic heterocycles. The zero-order chi connectivity index (χ0) is 14.0. The third kappa shape index (κ3) is 3.19. The molecule has 1 aliphatic rings. The van der Waals surface area contributed by atoms with Crippen LogP contribution < -0.4 is 5.32 Å². The number of rotatable bonds is 2. The van der Waals surface area contributed by atoms with Gasteiger partial charge in [0, 0.05) is 19.0 Å². The van der Waals surface area contributed by atoms with Gasteiger partial charge in [0.2, 0.25) is 11.8 Å². The van der Waals surface area contributed by atoms with E-state index in [1.807, 2.05) is 13.0 Å². The van der Waals surface area contributed by atoms with Gasteiger partial charge in [0.25, 0.3) is 0 Å². The number of carbonyl (C=O) groups excluding carboxylic acids is 2. The Morgan fingerprint density at radius 3 is 2.84 bits per heavy atom. The molecule has 1 atom stereocenters. The summed E-state index contributed by atoms with van der Waals surface area (Å²) in [6.45, 7) is 2.23. The van der Waals surface area contributed by atoms with E-state index < -0.39 is 0 Å². The molecular formula is C13H14Cl2N2O2. The van der Waals surface area contributed by atoms with E-state index in [-0.39, 0.29) is 24.4 Å². The molecule has 1 unspecified atom stereocenters. The first-order valence-corrected chi connectivity index (χ1v) is 6.73. The Morgan fingerprint density at radius 2 is 2.11 bits per heavy atom. The fourth-order valence-electron chi connectivity index (χ4n) is 2.07. The van der Waals surface area contributed by atoms with Crippen molar-refractivity contribution in [3.05, 3.63) is 33.8 Å². The van der Waals surface area contributed by atoms with Crippen LogP contribution in [0.25, 0.3) is 0 Å². The van der Waals surface area contributed by atoms with Gasteiger partial charge in [-0.05, 0) is 18.6 Å². The van der Waals surface area contributed by atoms with Crippen molar-refractivity contribution < 1.29 is 9.59 Å². The summed E-state index contributed by atoms with van der Waals surface area (Å²) in [6, 6.07) is 5.16. The van der Waals surface area contributed by atoms with E-state index in [2.05, 4.69) is 5.32 Å². The lowest BCUT2D eigenvalue weighted by Crippen LogP contribution is -2.39. The molecule has 1 heterocycles. The molecule has 1 aliphatic heterocycles. The van der Waals surface area contributed by atoms with Crippen LogP contribution in [0.1, 0.15) is 18.9 Å². The summed E-state index contributed by atoms with van der Waals surface area (Å²) in [4.78, 5) is 25.1. The number of nitrogens with zero attached hydrogens (tertiary/aromatic N) is 1. The SMILES string of the molecule is CC1CC(=O)NCC(=O)N1Cc1cccc(Cl)c1Cl. The molecule has 4 nitrogen and oxygen atoms in total. The van der Waals surface area contributed by atoms with Crippen LogP contribution in [0, 0.1) is 0 Å². The Kier molecular flexibility index (Phi) is 4.32. The minimum atomic E-state index is -0.162. The molecule has 2 rings (SSSR count). The van der Waals surface area contributed by atoms with Gasteiger partial charge in [0.1, 0.15) is 0 Å². The van der Waals surface area contributed by atoms with Crippen LogP contribution in [0.5, 0.6) is 0 Å². The largest absolute Gasteiger partial charge is 0.347 e. The van der Waals surface area contributed by atoms with E-state index in [0.717, 1.165) is 5.56 Å². The second kappa shape index (κ2) is 5.80. The Balaban J connectivity index is 2.22. The topological polar surface area (TPSA) is 49.4 Å². The lowest BCUT2D eigenvalue weighted by atomic mass is 10.1. The number of amides is 2. The molecule has 0 radical (unpaired) electrons. The highest BCUT2D eigenvalue weighted by Crippen LogP contribution is 2.27. The highest BCUT2D eigenvalue weighted by Gasteiger charge is 2.27. The van der Waals surface area contributed by atoms with Gasteiger partial charge < -0.3 is 10.2 Å². The average molecular weight is 301 g/mol. The quantitative estimate of drug-likeness (QED) is 0.910. The molecule has 2 amide bonds. The van der Waals surface area contributed by atoms with Crippen LogP contribution in [0.15, 0.2) is 18.2 Å². The highest BCUT2D eigenvalue weighted by atomic mass is 35.5. The number of nitrogens with one attached hydrogen (secondary N) is 1. The van der Waals surface area contributed by atoms with Gasteiger partial charge in [-0.1, -0.05) is 35.3 Å². The molecule has 1 saturated heterocycles. The van der Waals surface area contributed by atoms with E-state index in [9.17, 15) is 9.59 Å². The summed E-state index contributed by atoms with van der Waals surface area (Å²) in [6.07, 6.45) is 0.296. The van der Waals surface area contributed by atoms with Crippen molar-refractivity contribution in [3.63, 3.8) is 0 Å². The Hall–Kier alpha value is -1.26. The maximum atomic E-state index is 12.0. The normalized spacial score (nSPS) is 20.2. The van der Waals surface area contributed by atoms with Crippen LogP contribution in [0.3, 0.4) is 0 Å². The zero-order valence-corrected chi connectivity index (χ0v) is 12.0. The third-order valence-electron chi connectivity index (χ3n) is 3.14. The van der Waals surface area contributed by atoms with Crippen LogP contribution in [0.4, 0.5) is 0 Å². The second-order valence-corrected chi connectivity index (χ2v) is 5.35. The first kappa shape index (κ1) is 14.2. The van der Waals surface area contributed by atoms with E-state index in [1.54, 1.807) is 17.0 Å². The zero-order valence-electron chi connectivity index (χ0n) is 10.5. The monoisotopic (exact) mass is 300 g/mol. The van der Waals surface area contributed by atoms with Gasteiger partial charge >= 0.3 is 0 Å². The van der Waals surface area contributed by atoms with Crippen molar-refractivity contribution in [2.24, 2.45) is 0 Å². The summed E-state index contributed by atoms with van der Waals surface area (Å²) in [5.74, 6) is -0.227. The number of benzene rings is 1. The summed E-state index contributed by atoms with van der Waals surface area (Å²) in [5.41, 5.74) is 0.781. The van der Waals surface area contributed by atoms with Gasteiger partial charge in [-0.3, -0.25) is 9.59 Å². The molecule has 1 N–H and O–H groups in total. The van der Waals surface area contributed by atoms with E-state index >= 15 is 0 Å². The average Bonchev–Trinajstić information content (AvgIpc) is 2.47. The van der Waals surface area contributed by atoms with Crippen molar-refractivity contribution in [2.75, 3.05) is 6.54 Å². The number of halogens is 2. The maximum Gasteiger partial charge on any atom is 0.242 e. The predicted octanol–water partition coefficient (Wildman–Crippen LogP) is 2.23. The predicted molar refractivity (Wildman–Crippen MR) is 74.1 cm³/mol. The summed E-state index contributed by atoms with van der Waals surface area (Å²) >= 11 is 12.1. The molecule has 19 heavy (non-hydrogen) atoms. The minimum Gasteiger partial charge on any atom is -0.347 e. The number of hydrogen-bond donors (Lipinski definition) is 1. The maximum absolute atomic E-state index is 12.0.